The molecular formula is C58H40N2O. The SMILES string of the molecule is c1ccc(-c2ccc(N(c3ccc(-c4ccccc4)cc3)c3ccc(-c4cccc5c4-c4cccc6cc(N(c7ccccc7)c7ccccc7)cc(c46)O5)cc3)cc2)cc1. The maximum atomic E-state index is 6.90. The summed E-state index contributed by atoms with van der Waals surface area (Å²) in [6.07, 6.45) is 0. The van der Waals surface area contributed by atoms with Crippen molar-refractivity contribution < 1.29 is 4.74 Å². The normalized spacial score (nSPS) is 11.4. The lowest BCUT2D eigenvalue weighted by Gasteiger charge is -2.29. The first-order chi connectivity index (χ1) is 30.2. The number of rotatable bonds is 9. The molecule has 0 unspecified atom stereocenters. The Bertz CT molecular complexity index is 2990. The highest BCUT2D eigenvalue weighted by Crippen LogP contribution is 2.52. The van der Waals surface area contributed by atoms with Crippen LogP contribution in [-0.2, 0) is 0 Å². The van der Waals surface area contributed by atoms with Gasteiger partial charge in [-0.1, -0.05) is 164 Å². The van der Waals surface area contributed by atoms with Crippen molar-refractivity contribution in [3.05, 3.63) is 243 Å². The van der Waals surface area contributed by atoms with Crippen LogP contribution < -0.4 is 14.5 Å². The van der Waals surface area contributed by atoms with Crippen LogP contribution in [0.2, 0.25) is 0 Å². The van der Waals surface area contributed by atoms with Crippen LogP contribution in [0.3, 0.4) is 0 Å². The van der Waals surface area contributed by atoms with Gasteiger partial charge < -0.3 is 14.5 Å². The topological polar surface area (TPSA) is 15.7 Å². The minimum absolute atomic E-state index is 0.850. The average molecular weight is 781 g/mol. The summed E-state index contributed by atoms with van der Waals surface area (Å²) in [5.41, 5.74) is 15.8. The van der Waals surface area contributed by atoms with E-state index in [0.717, 1.165) is 73.1 Å². The van der Waals surface area contributed by atoms with Gasteiger partial charge in [0, 0.05) is 45.5 Å². The Labute approximate surface area is 356 Å². The van der Waals surface area contributed by atoms with Gasteiger partial charge in [-0.3, -0.25) is 0 Å². The lowest BCUT2D eigenvalue weighted by atomic mass is 9.88. The molecule has 0 amide bonds. The van der Waals surface area contributed by atoms with Crippen LogP contribution in [0, 0.1) is 0 Å². The molecule has 0 atom stereocenters. The molecule has 0 radical (unpaired) electrons. The lowest BCUT2D eigenvalue weighted by molar-refractivity contribution is 0.487. The number of hydrogen-bond acceptors (Lipinski definition) is 3. The molecule has 1 heterocycles. The Kier molecular flexibility index (Phi) is 9.18. The monoisotopic (exact) mass is 780 g/mol. The van der Waals surface area contributed by atoms with Gasteiger partial charge >= 0.3 is 0 Å². The summed E-state index contributed by atoms with van der Waals surface area (Å²) in [4.78, 5) is 4.62. The van der Waals surface area contributed by atoms with E-state index in [1.807, 2.05) is 0 Å². The number of fused-ring (bicyclic) bond motifs is 2. The fraction of sp³-hybridized carbons (Fsp3) is 0. The van der Waals surface area contributed by atoms with Gasteiger partial charge in [-0.25, -0.2) is 0 Å². The quantitative estimate of drug-likeness (QED) is 0.145. The van der Waals surface area contributed by atoms with Crippen molar-refractivity contribution in [3.8, 4) is 56.0 Å². The summed E-state index contributed by atoms with van der Waals surface area (Å²) in [6, 6.07) is 86.2. The Morgan fingerprint density at radius 2 is 0.672 bits per heavy atom. The zero-order valence-electron chi connectivity index (χ0n) is 33.4. The van der Waals surface area contributed by atoms with E-state index >= 15 is 0 Å². The zero-order valence-corrected chi connectivity index (χ0v) is 33.4. The molecule has 288 valence electrons. The predicted molar refractivity (Wildman–Crippen MR) is 255 cm³/mol. The first-order valence-corrected chi connectivity index (χ1v) is 20.7. The van der Waals surface area contributed by atoms with Crippen LogP contribution in [0.1, 0.15) is 0 Å². The second-order valence-electron chi connectivity index (χ2n) is 15.3. The van der Waals surface area contributed by atoms with Gasteiger partial charge in [0.2, 0.25) is 0 Å². The van der Waals surface area contributed by atoms with Crippen molar-refractivity contribution in [2.24, 2.45) is 0 Å². The largest absolute Gasteiger partial charge is 0.456 e. The second-order valence-corrected chi connectivity index (χ2v) is 15.3. The van der Waals surface area contributed by atoms with E-state index in [-0.39, 0.29) is 0 Å². The molecular weight excluding hydrogens is 741 g/mol. The number of ether oxygens (including phenoxy) is 1. The third kappa shape index (κ3) is 6.78. The molecule has 3 heteroatoms. The molecule has 1 aliphatic heterocycles. The summed E-state index contributed by atoms with van der Waals surface area (Å²) in [7, 11) is 0. The third-order valence-electron chi connectivity index (χ3n) is 11.6. The first-order valence-electron chi connectivity index (χ1n) is 20.7. The van der Waals surface area contributed by atoms with Crippen LogP contribution >= 0.6 is 0 Å². The van der Waals surface area contributed by atoms with Gasteiger partial charge in [-0.15, -0.1) is 0 Å². The molecule has 0 aromatic heterocycles. The van der Waals surface area contributed by atoms with Gasteiger partial charge in [-0.05, 0) is 117 Å². The first kappa shape index (κ1) is 36.0. The van der Waals surface area contributed by atoms with E-state index in [2.05, 4.69) is 252 Å². The number of benzene rings is 10. The number of nitrogens with zero attached hydrogens (tertiary/aromatic N) is 2. The standard InChI is InChI=1S/C58H40N2O/c1-5-15-41(16-6-1)43-27-33-49(34-28-43)59(50-35-29-44(30-36-50)42-17-7-2-8-18-42)51-37-31-45(32-38-51)53-24-14-26-55-58(53)54-25-13-19-46-39-52(40-56(61-55)57(46)54)60(47-20-9-3-10-21-47)48-22-11-4-12-23-48/h1-40H. The minimum Gasteiger partial charge on any atom is -0.456 e. The van der Waals surface area contributed by atoms with E-state index in [0.29, 0.717) is 0 Å². The van der Waals surface area contributed by atoms with Crippen LogP contribution in [-0.4, -0.2) is 0 Å². The van der Waals surface area contributed by atoms with Crippen molar-refractivity contribution in [1.29, 1.82) is 0 Å². The van der Waals surface area contributed by atoms with Crippen LogP contribution in [0.25, 0.3) is 55.3 Å². The Morgan fingerprint density at radius 3 is 1.20 bits per heavy atom. The smallest absolute Gasteiger partial charge is 0.138 e. The molecule has 3 nitrogen and oxygen atoms in total. The number of anilines is 6. The van der Waals surface area contributed by atoms with Crippen molar-refractivity contribution in [3.63, 3.8) is 0 Å². The molecule has 0 fully saturated rings. The summed E-state index contributed by atoms with van der Waals surface area (Å²) < 4.78 is 6.90. The fourth-order valence-electron chi connectivity index (χ4n) is 8.75. The predicted octanol–water partition coefficient (Wildman–Crippen LogP) is 16.6. The van der Waals surface area contributed by atoms with E-state index in [4.69, 9.17) is 4.74 Å². The van der Waals surface area contributed by atoms with E-state index in [1.165, 1.54) is 27.8 Å². The third-order valence-corrected chi connectivity index (χ3v) is 11.6. The van der Waals surface area contributed by atoms with Crippen molar-refractivity contribution in [2.45, 2.75) is 0 Å². The molecule has 10 aromatic rings. The molecule has 0 spiro atoms. The van der Waals surface area contributed by atoms with E-state index in [9.17, 15) is 0 Å². The Balaban J connectivity index is 0.975. The highest BCUT2D eigenvalue weighted by molar-refractivity contribution is 6.09. The summed E-state index contributed by atoms with van der Waals surface area (Å²) in [6.45, 7) is 0. The fourth-order valence-corrected chi connectivity index (χ4v) is 8.75. The van der Waals surface area contributed by atoms with Crippen molar-refractivity contribution in [2.75, 3.05) is 9.80 Å². The molecule has 0 saturated heterocycles. The zero-order chi connectivity index (χ0) is 40.5. The minimum atomic E-state index is 0.850. The van der Waals surface area contributed by atoms with Gasteiger partial charge in [0.15, 0.2) is 0 Å². The molecule has 61 heavy (non-hydrogen) atoms. The van der Waals surface area contributed by atoms with Crippen LogP contribution in [0.4, 0.5) is 34.1 Å². The van der Waals surface area contributed by atoms with Crippen molar-refractivity contribution in [1.82, 2.24) is 0 Å². The highest BCUT2D eigenvalue weighted by Gasteiger charge is 2.25. The highest BCUT2D eigenvalue weighted by atomic mass is 16.5. The molecule has 0 N–H and O–H groups in total. The second kappa shape index (κ2) is 15.6. The molecule has 11 rings (SSSR count). The van der Waals surface area contributed by atoms with Crippen LogP contribution in [0.15, 0.2) is 243 Å². The van der Waals surface area contributed by atoms with Crippen LogP contribution in [0.5, 0.6) is 11.5 Å². The molecule has 0 aliphatic carbocycles. The average Bonchev–Trinajstić information content (AvgIpc) is 3.33. The Morgan fingerprint density at radius 1 is 0.262 bits per heavy atom. The van der Waals surface area contributed by atoms with Gasteiger partial charge in [-0.2, -0.15) is 0 Å². The molecule has 0 saturated carbocycles. The van der Waals surface area contributed by atoms with Crippen molar-refractivity contribution >= 4 is 44.9 Å². The maximum absolute atomic E-state index is 6.90. The van der Waals surface area contributed by atoms with Gasteiger partial charge in [0.1, 0.15) is 11.5 Å². The number of hydrogen-bond donors (Lipinski definition) is 0. The van der Waals surface area contributed by atoms with Gasteiger partial charge in [0.25, 0.3) is 0 Å². The number of para-hydroxylation sites is 2. The van der Waals surface area contributed by atoms with E-state index < -0.39 is 0 Å². The summed E-state index contributed by atoms with van der Waals surface area (Å²) in [5.74, 6) is 1.70. The molecule has 0 bridgehead atoms. The summed E-state index contributed by atoms with van der Waals surface area (Å²) in [5, 5.41) is 2.25. The Hall–Kier alpha value is -8.14. The molecule has 1 aliphatic rings. The van der Waals surface area contributed by atoms with E-state index in [1.54, 1.807) is 0 Å². The summed E-state index contributed by atoms with van der Waals surface area (Å²) >= 11 is 0. The lowest BCUT2D eigenvalue weighted by Crippen LogP contribution is -2.10. The molecule has 10 aromatic carbocycles. The van der Waals surface area contributed by atoms with Gasteiger partial charge in [0.05, 0.1) is 5.69 Å². The maximum Gasteiger partial charge on any atom is 0.138 e.